The van der Waals surface area contributed by atoms with Crippen molar-refractivity contribution in [3.05, 3.63) is 18.0 Å². The van der Waals surface area contributed by atoms with Crippen LogP contribution in [0.2, 0.25) is 0 Å². The van der Waals surface area contributed by atoms with Gasteiger partial charge in [-0.1, -0.05) is 0 Å². The fraction of sp³-hybridized carbons (Fsp3) is 0.200. The second-order valence-electron chi connectivity index (χ2n) is 1.84. The van der Waals surface area contributed by atoms with E-state index < -0.39 is 21.9 Å². The second-order valence-corrected chi connectivity index (χ2v) is 4.02. The number of hydrogen-bond acceptors (Lipinski definition) is 3. The van der Waals surface area contributed by atoms with Crippen molar-refractivity contribution in [2.75, 3.05) is 0 Å². The third-order valence-electron chi connectivity index (χ3n) is 0.850. The monoisotopic (exact) mass is 248 g/mol. The highest BCUT2D eigenvalue weighted by atomic mass is 35.6. The number of nitrogens with zero attached hydrogens (tertiary/aromatic N) is 2. The molecular formula is C5HCl3F2N2O. The first-order valence-electron chi connectivity index (χ1n) is 2.82. The van der Waals surface area contributed by atoms with Gasteiger partial charge in [0.05, 0.1) is 0 Å². The Hall–Kier alpha value is -0.390. The van der Waals surface area contributed by atoms with Crippen LogP contribution in [0.3, 0.4) is 0 Å². The number of ether oxygens (including phenoxy) is 1. The van der Waals surface area contributed by atoms with E-state index in [9.17, 15) is 8.78 Å². The van der Waals surface area contributed by atoms with Crippen molar-refractivity contribution in [1.29, 1.82) is 0 Å². The van der Waals surface area contributed by atoms with Crippen molar-refractivity contribution in [1.82, 2.24) is 9.97 Å². The predicted octanol–water partition coefficient (Wildman–Crippen LogP) is 2.46. The molecule has 0 aliphatic carbocycles. The molecule has 3 nitrogen and oxygen atoms in total. The smallest absolute Gasteiger partial charge is 0.341 e. The molecule has 0 N–H and O–H groups in total. The van der Waals surface area contributed by atoms with Crippen molar-refractivity contribution in [3.63, 3.8) is 0 Å². The first-order valence-corrected chi connectivity index (χ1v) is 3.96. The molecule has 0 bridgehead atoms. The van der Waals surface area contributed by atoms with Crippen LogP contribution in [-0.4, -0.2) is 13.9 Å². The fourth-order valence-corrected chi connectivity index (χ4v) is 0.727. The Balaban J connectivity index is 2.90. The maximum absolute atomic E-state index is 12.4. The highest BCUT2D eigenvalue weighted by molar-refractivity contribution is 6.66. The molecule has 13 heavy (non-hydrogen) atoms. The molecule has 0 fully saturated rings. The molecule has 0 aliphatic rings. The highest BCUT2D eigenvalue weighted by Crippen LogP contribution is 2.27. The van der Waals surface area contributed by atoms with Crippen LogP contribution in [0.15, 0.2) is 6.07 Å². The van der Waals surface area contributed by atoms with Gasteiger partial charge in [-0.15, -0.1) is 0 Å². The minimum atomic E-state index is -2.15. The van der Waals surface area contributed by atoms with Crippen LogP contribution < -0.4 is 4.74 Å². The molecule has 0 spiro atoms. The van der Waals surface area contributed by atoms with E-state index in [1.54, 1.807) is 0 Å². The van der Waals surface area contributed by atoms with E-state index in [2.05, 4.69) is 14.7 Å². The maximum Gasteiger partial charge on any atom is 0.341 e. The summed E-state index contributed by atoms with van der Waals surface area (Å²) in [5.74, 6) is -2.23. The molecule has 0 aromatic carbocycles. The van der Waals surface area contributed by atoms with Crippen LogP contribution in [0.4, 0.5) is 8.78 Å². The van der Waals surface area contributed by atoms with Crippen LogP contribution in [0.1, 0.15) is 0 Å². The Labute approximate surface area is 86.6 Å². The number of aromatic nitrogens is 2. The fourth-order valence-electron chi connectivity index (χ4n) is 0.520. The predicted molar refractivity (Wildman–Crippen MR) is 42.9 cm³/mol. The van der Waals surface area contributed by atoms with Gasteiger partial charge in [-0.3, -0.25) is 0 Å². The number of alkyl halides is 3. The SMILES string of the molecule is Fc1cc(F)nc(OC(Cl)(Cl)Cl)n1. The zero-order valence-corrected chi connectivity index (χ0v) is 8.04. The van der Waals surface area contributed by atoms with Gasteiger partial charge in [0.1, 0.15) is 0 Å². The van der Waals surface area contributed by atoms with Gasteiger partial charge in [-0.05, 0) is 34.8 Å². The largest absolute Gasteiger partial charge is 0.412 e. The van der Waals surface area contributed by atoms with Crippen LogP contribution in [0, 0.1) is 11.9 Å². The molecule has 8 heteroatoms. The van der Waals surface area contributed by atoms with Gasteiger partial charge in [0, 0.05) is 6.07 Å². The van der Waals surface area contributed by atoms with Crippen LogP contribution in [-0.2, 0) is 0 Å². The summed E-state index contributed by atoms with van der Waals surface area (Å²) in [6.45, 7) is 0. The summed E-state index contributed by atoms with van der Waals surface area (Å²) in [6, 6.07) is -0.219. The third-order valence-corrected chi connectivity index (χ3v) is 1.08. The summed E-state index contributed by atoms with van der Waals surface area (Å²) in [7, 11) is 0. The van der Waals surface area contributed by atoms with Gasteiger partial charge in [0.25, 0.3) is 0 Å². The lowest BCUT2D eigenvalue weighted by atomic mass is 10.6. The lowest BCUT2D eigenvalue weighted by Crippen LogP contribution is -2.15. The summed E-state index contributed by atoms with van der Waals surface area (Å²) in [6.07, 6.45) is 0. The molecule has 72 valence electrons. The lowest BCUT2D eigenvalue weighted by molar-refractivity contribution is 0.281. The standard InChI is InChI=1S/C5HCl3F2N2O/c6-5(7,8)13-4-11-2(9)1-3(10)12-4/h1H. The van der Waals surface area contributed by atoms with Crippen molar-refractivity contribution in [3.8, 4) is 6.01 Å². The van der Waals surface area contributed by atoms with Gasteiger partial charge in [0.15, 0.2) is 0 Å². The Morgan fingerprint density at radius 1 is 1.15 bits per heavy atom. The Bertz CT molecular complexity index is 297. The zero-order valence-electron chi connectivity index (χ0n) is 5.77. The quantitative estimate of drug-likeness (QED) is 0.566. The third kappa shape index (κ3) is 3.89. The summed E-state index contributed by atoms with van der Waals surface area (Å²) in [5, 5.41) is 0. The average molecular weight is 249 g/mol. The molecule has 1 aromatic heterocycles. The van der Waals surface area contributed by atoms with Gasteiger partial charge in [-0.2, -0.15) is 18.7 Å². The summed E-state index contributed by atoms with van der Waals surface area (Å²) in [4.78, 5) is 6.05. The Morgan fingerprint density at radius 3 is 2.00 bits per heavy atom. The Kier molecular flexibility index (Phi) is 3.10. The van der Waals surface area contributed by atoms with Crippen molar-refractivity contribution < 1.29 is 13.5 Å². The molecule has 1 heterocycles. The maximum atomic E-state index is 12.4. The van der Waals surface area contributed by atoms with Gasteiger partial charge >= 0.3 is 9.99 Å². The van der Waals surface area contributed by atoms with E-state index in [4.69, 9.17) is 34.8 Å². The molecule has 0 unspecified atom stereocenters. The Morgan fingerprint density at radius 2 is 1.62 bits per heavy atom. The number of halogens is 5. The van der Waals surface area contributed by atoms with Crippen LogP contribution >= 0.6 is 34.8 Å². The number of hydrogen-bond donors (Lipinski definition) is 0. The normalized spacial score (nSPS) is 11.5. The van der Waals surface area contributed by atoms with Crippen LogP contribution in [0.5, 0.6) is 6.01 Å². The molecule has 0 amide bonds. The van der Waals surface area contributed by atoms with Gasteiger partial charge in [0.2, 0.25) is 11.9 Å². The topological polar surface area (TPSA) is 35.0 Å². The lowest BCUT2D eigenvalue weighted by Gasteiger charge is -2.10. The minimum absolute atomic E-state index is 0.464. The molecule has 1 rings (SSSR count). The second kappa shape index (κ2) is 3.77. The molecule has 1 aromatic rings. The summed E-state index contributed by atoms with van der Waals surface area (Å²) < 4.78 is 27.0. The van der Waals surface area contributed by atoms with E-state index >= 15 is 0 Å². The van der Waals surface area contributed by atoms with E-state index in [0.29, 0.717) is 6.07 Å². The first-order chi connectivity index (χ1) is 5.87. The highest BCUT2D eigenvalue weighted by Gasteiger charge is 2.24. The molecule has 0 aliphatic heterocycles. The minimum Gasteiger partial charge on any atom is -0.412 e. The summed E-state index contributed by atoms with van der Waals surface area (Å²) >= 11 is 15.5. The van der Waals surface area contributed by atoms with E-state index in [1.165, 1.54) is 0 Å². The molecule has 0 saturated carbocycles. The zero-order chi connectivity index (χ0) is 10.1. The molecule has 0 radical (unpaired) electrons. The van der Waals surface area contributed by atoms with Gasteiger partial charge in [-0.25, -0.2) is 0 Å². The average Bonchev–Trinajstić information content (AvgIpc) is 1.78. The number of rotatable bonds is 1. The first kappa shape index (κ1) is 10.7. The van der Waals surface area contributed by atoms with Gasteiger partial charge < -0.3 is 4.74 Å². The van der Waals surface area contributed by atoms with Crippen molar-refractivity contribution in [2.45, 2.75) is 3.98 Å². The van der Waals surface area contributed by atoms with Crippen molar-refractivity contribution in [2.24, 2.45) is 0 Å². The molecule has 0 saturated heterocycles. The summed E-state index contributed by atoms with van der Waals surface area (Å²) in [5.41, 5.74) is 0. The van der Waals surface area contributed by atoms with E-state index in [-0.39, 0.29) is 0 Å². The molecular weight excluding hydrogens is 248 g/mol. The molecule has 0 atom stereocenters. The van der Waals surface area contributed by atoms with E-state index in [1.807, 2.05) is 0 Å². The van der Waals surface area contributed by atoms with E-state index in [0.717, 1.165) is 0 Å². The van der Waals surface area contributed by atoms with Crippen molar-refractivity contribution >= 4 is 34.8 Å². The van der Waals surface area contributed by atoms with Crippen LogP contribution in [0.25, 0.3) is 0 Å².